The molecule has 0 aromatic heterocycles. The normalized spacial score (nSPS) is 11.4. The Bertz CT molecular complexity index is 468. The van der Waals surface area contributed by atoms with Gasteiger partial charge in [-0.2, -0.15) is 5.26 Å². The third-order valence-electron chi connectivity index (χ3n) is 2.90. The Kier molecular flexibility index (Phi) is 7.15. The number of nitrogens with zero attached hydrogens (tertiary/aromatic N) is 1. The number of ether oxygens (including phenoxy) is 1. The number of amides is 1. The Labute approximate surface area is 119 Å². The Morgan fingerprint density at radius 1 is 1.50 bits per heavy atom. The molecule has 0 fully saturated rings. The van der Waals surface area contributed by atoms with Crippen LogP contribution in [0.2, 0.25) is 0 Å². The number of para-hydroxylation sites is 1. The summed E-state index contributed by atoms with van der Waals surface area (Å²) in [5.74, 6) is 0.460. The van der Waals surface area contributed by atoms with Crippen LogP contribution >= 0.6 is 0 Å². The van der Waals surface area contributed by atoms with Crippen molar-refractivity contribution in [2.45, 2.75) is 32.2 Å². The second-order valence-electron chi connectivity index (χ2n) is 4.53. The summed E-state index contributed by atoms with van der Waals surface area (Å²) in [5.41, 5.74) is 6.95. The van der Waals surface area contributed by atoms with Crippen molar-refractivity contribution in [1.29, 1.82) is 5.26 Å². The molecule has 1 aromatic rings. The van der Waals surface area contributed by atoms with Gasteiger partial charge in [-0.15, -0.1) is 0 Å². The SMILES string of the molecule is CCC(N)Cc1ccccc1OCC(=O)NCCC#N. The van der Waals surface area contributed by atoms with Crippen LogP contribution < -0.4 is 15.8 Å². The van der Waals surface area contributed by atoms with Crippen molar-refractivity contribution in [1.82, 2.24) is 5.32 Å². The van der Waals surface area contributed by atoms with E-state index in [1.165, 1.54) is 0 Å². The van der Waals surface area contributed by atoms with E-state index in [1.807, 2.05) is 37.3 Å². The zero-order valence-corrected chi connectivity index (χ0v) is 11.8. The lowest BCUT2D eigenvalue weighted by Gasteiger charge is -2.14. The van der Waals surface area contributed by atoms with E-state index in [9.17, 15) is 4.79 Å². The minimum absolute atomic E-state index is 0.0518. The van der Waals surface area contributed by atoms with Gasteiger partial charge in [-0.1, -0.05) is 25.1 Å². The van der Waals surface area contributed by atoms with Crippen LogP contribution in [-0.2, 0) is 11.2 Å². The molecule has 1 unspecified atom stereocenters. The van der Waals surface area contributed by atoms with Crippen molar-refractivity contribution >= 4 is 5.91 Å². The van der Waals surface area contributed by atoms with Crippen LogP contribution in [0.5, 0.6) is 5.75 Å². The predicted molar refractivity (Wildman–Crippen MR) is 77.1 cm³/mol. The standard InChI is InChI=1S/C15H21N3O2/c1-2-13(17)10-12-6-3-4-7-14(12)20-11-15(19)18-9-5-8-16/h3-4,6-7,13H,2,5,9-11,17H2,1H3,(H,18,19). The second kappa shape index (κ2) is 8.94. The molecule has 0 aliphatic carbocycles. The maximum atomic E-state index is 11.5. The summed E-state index contributed by atoms with van der Waals surface area (Å²) < 4.78 is 5.52. The Hall–Kier alpha value is -2.06. The van der Waals surface area contributed by atoms with Crippen molar-refractivity contribution < 1.29 is 9.53 Å². The number of nitriles is 1. The summed E-state index contributed by atoms with van der Waals surface area (Å²) in [6.07, 6.45) is 1.92. The lowest BCUT2D eigenvalue weighted by molar-refractivity contribution is -0.123. The third-order valence-corrected chi connectivity index (χ3v) is 2.90. The van der Waals surface area contributed by atoms with Gasteiger partial charge in [0.25, 0.3) is 5.91 Å². The summed E-state index contributed by atoms with van der Waals surface area (Å²) in [6.45, 7) is 2.33. The highest BCUT2D eigenvalue weighted by Crippen LogP contribution is 2.19. The van der Waals surface area contributed by atoms with Gasteiger partial charge in [0, 0.05) is 12.6 Å². The fourth-order valence-electron chi connectivity index (χ4n) is 1.69. The lowest BCUT2D eigenvalue weighted by Crippen LogP contribution is -2.29. The van der Waals surface area contributed by atoms with Gasteiger partial charge < -0.3 is 15.8 Å². The van der Waals surface area contributed by atoms with E-state index in [0.717, 1.165) is 18.4 Å². The molecule has 20 heavy (non-hydrogen) atoms. The quantitative estimate of drug-likeness (QED) is 0.701. The summed E-state index contributed by atoms with van der Waals surface area (Å²) in [5, 5.41) is 11.0. The zero-order chi connectivity index (χ0) is 14.8. The van der Waals surface area contributed by atoms with Crippen molar-refractivity contribution in [2.24, 2.45) is 5.73 Å². The number of carbonyl (C=O) groups excluding carboxylic acids is 1. The minimum Gasteiger partial charge on any atom is -0.483 e. The minimum atomic E-state index is -0.227. The Morgan fingerprint density at radius 2 is 2.25 bits per heavy atom. The summed E-state index contributed by atoms with van der Waals surface area (Å²) in [4.78, 5) is 11.5. The number of hydrogen-bond donors (Lipinski definition) is 2. The average molecular weight is 275 g/mol. The number of nitrogens with one attached hydrogen (secondary N) is 1. The van der Waals surface area contributed by atoms with Gasteiger partial charge in [0.15, 0.2) is 6.61 Å². The molecule has 1 aromatic carbocycles. The Balaban J connectivity index is 2.51. The molecule has 1 atom stereocenters. The highest BCUT2D eigenvalue weighted by Gasteiger charge is 2.09. The van der Waals surface area contributed by atoms with Crippen LogP contribution in [0.15, 0.2) is 24.3 Å². The van der Waals surface area contributed by atoms with E-state index < -0.39 is 0 Å². The molecular formula is C15H21N3O2. The van der Waals surface area contributed by atoms with E-state index >= 15 is 0 Å². The van der Waals surface area contributed by atoms with Crippen LogP contribution in [0.25, 0.3) is 0 Å². The number of carbonyl (C=O) groups is 1. The number of nitrogens with two attached hydrogens (primary N) is 1. The molecule has 3 N–H and O–H groups in total. The fraction of sp³-hybridized carbons (Fsp3) is 0.467. The Morgan fingerprint density at radius 3 is 2.95 bits per heavy atom. The first kappa shape index (κ1) is 16.0. The van der Waals surface area contributed by atoms with Gasteiger partial charge >= 0.3 is 0 Å². The number of hydrogen-bond acceptors (Lipinski definition) is 4. The first-order valence-electron chi connectivity index (χ1n) is 6.77. The van der Waals surface area contributed by atoms with E-state index in [4.69, 9.17) is 15.7 Å². The first-order valence-corrected chi connectivity index (χ1v) is 6.77. The molecule has 0 aliphatic heterocycles. The number of benzene rings is 1. The molecule has 0 bridgehead atoms. The predicted octanol–water partition coefficient (Wildman–Crippen LogP) is 1.38. The summed E-state index contributed by atoms with van der Waals surface area (Å²) in [6, 6.07) is 9.64. The molecule has 0 spiro atoms. The zero-order valence-electron chi connectivity index (χ0n) is 11.8. The smallest absolute Gasteiger partial charge is 0.257 e. The molecule has 0 radical (unpaired) electrons. The van der Waals surface area contributed by atoms with Crippen molar-refractivity contribution in [3.05, 3.63) is 29.8 Å². The molecule has 0 heterocycles. The van der Waals surface area contributed by atoms with Crippen LogP contribution in [0.1, 0.15) is 25.3 Å². The van der Waals surface area contributed by atoms with Gasteiger partial charge in [0.2, 0.25) is 0 Å². The maximum absolute atomic E-state index is 11.5. The topological polar surface area (TPSA) is 88.1 Å². The lowest BCUT2D eigenvalue weighted by atomic mass is 10.0. The average Bonchev–Trinajstić information content (AvgIpc) is 2.46. The van der Waals surface area contributed by atoms with Crippen molar-refractivity contribution in [3.63, 3.8) is 0 Å². The second-order valence-corrected chi connectivity index (χ2v) is 4.53. The van der Waals surface area contributed by atoms with Crippen molar-refractivity contribution in [3.8, 4) is 11.8 Å². The highest BCUT2D eigenvalue weighted by molar-refractivity contribution is 5.77. The molecule has 0 saturated heterocycles. The largest absolute Gasteiger partial charge is 0.483 e. The van der Waals surface area contributed by atoms with Crippen LogP contribution in [0, 0.1) is 11.3 Å². The van der Waals surface area contributed by atoms with Gasteiger partial charge in [0.1, 0.15) is 5.75 Å². The molecule has 0 saturated carbocycles. The molecule has 0 aliphatic rings. The fourth-order valence-corrected chi connectivity index (χ4v) is 1.69. The highest BCUT2D eigenvalue weighted by atomic mass is 16.5. The third kappa shape index (κ3) is 5.72. The van der Waals surface area contributed by atoms with E-state index in [2.05, 4.69) is 5.32 Å². The van der Waals surface area contributed by atoms with Crippen molar-refractivity contribution in [2.75, 3.05) is 13.2 Å². The summed E-state index contributed by atoms with van der Waals surface area (Å²) >= 11 is 0. The molecule has 1 rings (SSSR count). The molecule has 1 amide bonds. The monoisotopic (exact) mass is 275 g/mol. The first-order chi connectivity index (χ1) is 9.67. The van der Waals surface area contributed by atoms with Gasteiger partial charge in [-0.3, -0.25) is 4.79 Å². The summed E-state index contributed by atoms with van der Waals surface area (Å²) in [7, 11) is 0. The maximum Gasteiger partial charge on any atom is 0.257 e. The van der Waals surface area contributed by atoms with Gasteiger partial charge in [-0.05, 0) is 24.5 Å². The molecule has 108 valence electrons. The van der Waals surface area contributed by atoms with Crippen LogP contribution in [0.3, 0.4) is 0 Å². The van der Waals surface area contributed by atoms with Crippen LogP contribution in [-0.4, -0.2) is 25.1 Å². The van der Waals surface area contributed by atoms with E-state index in [0.29, 0.717) is 18.7 Å². The molecular weight excluding hydrogens is 254 g/mol. The van der Waals surface area contributed by atoms with E-state index in [1.54, 1.807) is 0 Å². The molecule has 5 heteroatoms. The van der Waals surface area contributed by atoms with E-state index in [-0.39, 0.29) is 18.6 Å². The van der Waals surface area contributed by atoms with Gasteiger partial charge in [-0.25, -0.2) is 0 Å². The number of rotatable bonds is 8. The van der Waals surface area contributed by atoms with Gasteiger partial charge in [0.05, 0.1) is 12.5 Å². The van der Waals surface area contributed by atoms with Crippen LogP contribution in [0.4, 0.5) is 0 Å². The molecule has 5 nitrogen and oxygen atoms in total.